The van der Waals surface area contributed by atoms with Gasteiger partial charge < -0.3 is 5.73 Å². The zero-order valence-corrected chi connectivity index (χ0v) is 9.11. The normalized spacial score (nSPS) is 10.5. The smallest absolute Gasteiger partial charge is 0.184 e. The molecule has 1 aromatic carbocycles. The van der Waals surface area contributed by atoms with Gasteiger partial charge in [0.2, 0.25) is 0 Å². The van der Waals surface area contributed by atoms with Gasteiger partial charge in [0.25, 0.3) is 0 Å². The average molecular weight is 221 g/mol. The predicted octanol–water partition coefficient (Wildman–Crippen LogP) is 1.08. The van der Waals surface area contributed by atoms with Crippen LogP contribution in [0.15, 0.2) is 29.2 Å². The molecule has 0 aliphatic rings. The van der Waals surface area contributed by atoms with Crippen molar-refractivity contribution >= 4 is 17.4 Å². The molecule has 5 nitrogen and oxygen atoms in total. The first-order chi connectivity index (χ1) is 7.25. The highest BCUT2D eigenvalue weighted by molar-refractivity contribution is 7.98. The van der Waals surface area contributed by atoms with E-state index in [1.807, 2.05) is 24.3 Å². The molecule has 2 rings (SSSR count). The topological polar surface area (TPSA) is 69.6 Å². The molecule has 0 spiro atoms. The van der Waals surface area contributed by atoms with Crippen molar-refractivity contribution in [3.63, 3.8) is 0 Å². The lowest BCUT2D eigenvalue weighted by Crippen LogP contribution is -1.93. The van der Waals surface area contributed by atoms with Crippen molar-refractivity contribution in [2.75, 3.05) is 5.73 Å². The summed E-state index contributed by atoms with van der Waals surface area (Å²) >= 11 is 1.61. The Morgan fingerprint density at radius 3 is 2.87 bits per heavy atom. The molecule has 78 valence electrons. The number of hydrogen-bond acceptors (Lipinski definition) is 5. The molecule has 0 unspecified atom stereocenters. The van der Waals surface area contributed by atoms with Crippen LogP contribution in [0.2, 0.25) is 0 Å². The summed E-state index contributed by atoms with van der Waals surface area (Å²) in [5, 5.41) is 11.8. The van der Waals surface area contributed by atoms with Crippen molar-refractivity contribution in [3.05, 3.63) is 30.1 Å². The Morgan fingerprint density at radius 2 is 2.20 bits per heavy atom. The second kappa shape index (κ2) is 4.31. The summed E-state index contributed by atoms with van der Waals surface area (Å²) in [5.41, 5.74) is 6.59. The van der Waals surface area contributed by atoms with Crippen molar-refractivity contribution in [3.8, 4) is 0 Å². The minimum atomic E-state index is 0.683. The lowest BCUT2D eigenvalue weighted by Gasteiger charge is -2.01. The summed E-state index contributed by atoms with van der Waals surface area (Å²) in [6.07, 6.45) is 0. The van der Waals surface area contributed by atoms with Crippen LogP contribution in [-0.4, -0.2) is 20.2 Å². The highest BCUT2D eigenvalue weighted by Crippen LogP contribution is 2.26. The molecular weight excluding hydrogens is 210 g/mol. The van der Waals surface area contributed by atoms with Crippen molar-refractivity contribution in [1.29, 1.82) is 0 Å². The molecular formula is C9H11N5S. The van der Waals surface area contributed by atoms with Crippen LogP contribution < -0.4 is 5.73 Å². The second-order valence-corrected chi connectivity index (χ2v) is 4.04. The summed E-state index contributed by atoms with van der Waals surface area (Å²) in [7, 11) is 1.75. The van der Waals surface area contributed by atoms with Gasteiger partial charge in [0, 0.05) is 10.6 Å². The molecule has 1 aromatic heterocycles. The molecule has 15 heavy (non-hydrogen) atoms. The Bertz CT molecular complexity index is 453. The van der Waals surface area contributed by atoms with Gasteiger partial charge in [-0.25, -0.2) is 0 Å². The second-order valence-electron chi connectivity index (χ2n) is 3.02. The molecule has 2 N–H and O–H groups in total. The van der Waals surface area contributed by atoms with E-state index in [9.17, 15) is 0 Å². The molecule has 0 aliphatic carbocycles. The van der Waals surface area contributed by atoms with Crippen LogP contribution in [0.25, 0.3) is 0 Å². The van der Waals surface area contributed by atoms with Crippen molar-refractivity contribution in [2.45, 2.75) is 10.6 Å². The van der Waals surface area contributed by atoms with E-state index in [4.69, 9.17) is 5.73 Å². The van der Waals surface area contributed by atoms with Gasteiger partial charge in [-0.3, -0.25) is 0 Å². The number of tetrazole rings is 1. The standard InChI is InChI=1S/C9H11N5S/c1-14-12-9(11-13-14)6-15-8-5-3-2-4-7(8)10/h2-5H,6,10H2,1H3. The monoisotopic (exact) mass is 221 g/mol. The Labute approximate surface area is 91.7 Å². The number of nitrogen functional groups attached to an aromatic ring is 1. The zero-order valence-electron chi connectivity index (χ0n) is 8.29. The van der Waals surface area contributed by atoms with E-state index in [1.54, 1.807) is 18.8 Å². The number of nitrogens with zero attached hydrogens (tertiary/aromatic N) is 4. The van der Waals surface area contributed by atoms with Gasteiger partial charge in [0.05, 0.1) is 12.8 Å². The van der Waals surface area contributed by atoms with Crippen LogP contribution in [0.5, 0.6) is 0 Å². The fourth-order valence-corrected chi connectivity index (χ4v) is 1.94. The van der Waals surface area contributed by atoms with Crippen LogP contribution in [0.4, 0.5) is 5.69 Å². The number of para-hydroxylation sites is 1. The molecule has 0 saturated heterocycles. The van der Waals surface area contributed by atoms with Crippen LogP contribution in [-0.2, 0) is 12.8 Å². The van der Waals surface area contributed by atoms with E-state index in [2.05, 4.69) is 15.4 Å². The van der Waals surface area contributed by atoms with Crippen LogP contribution >= 0.6 is 11.8 Å². The number of benzene rings is 1. The number of anilines is 1. The van der Waals surface area contributed by atoms with Gasteiger partial charge in [-0.15, -0.1) is 22.0 Å². The molecule has 0 atom stereocenters. The lowest BCUT2D eigenvalue weighted by atomic mass is 10.3. The molecule has 0 amide bonds. The molecule has 0 radical (unpaired) electrons. The average Bonchev–Trinajstić information content (AvgIpc) is 2.63. The maximum atomic E-state index is 5.81. The maximum Gasteiger partial charge on any atom is 0.184 e. The Kier molecular flexibility index (Phi) is 2.86. The number of rotatable bonds is 3. The minimum Gasteiger partial charge on any atom is -0.398 e. The van der Waals surface area contributed by atoms with Gasteiger partial charge in [-0.05, 0) is 17.3 Å². The van der Waals surface area contributed by atoms with Crippen molar-refractivity contribution in [1.82, 2.24) is 20.2 Å². The molecule has 0 saturated carbocycles. The highest BCUT2D eigenvalue weighted by atomic mass is 32.2. The number of aryl methyl sites for hydroxylation is 1. The van der Waals surface area contributed by atoms with Crippen LogP contribution in [0.3, 0.4) is 0 Å². The first kappa shape index (κ1) is 9.97. The largest absolute Gasteiger partial charge is 0.398 e. The fourth-order valence-electron chi connectivity index (χ4n) is 1.14. The third kappa shape index (κ3) is 2.47. The van der Waals surface area contributed by atoms with E-state index in [0.717, 1.165) is 10.6 Å². The van der Waals surface area contributed by atoms with Crippen molar-refractivity contribution < 1.29 is 0 Å². The van der Waals surface area contributed by atoms with Gasteiger partial charge >= 0.3 is 0 Å². The molecule has 0 fully saturated rings. The van der Waals surface area contributed by atoms with E-state index in [0.29, 0.717) is 11.6 Å². The zero-order chi connectivity index (χ0) is 10.7. The molecule has 0 bridgehead atoms. The third-order valence-electron chi connectivity index (χ3n) is 1.83. The molecule has 6 heteroatoms. The lowest BCUT2D eigenvalue weighted by molar-refractivity contribution is 0.628. The van der Waals surface area contributed by atoms with E-state index in [-0.39, 0.29) is 0 Å². The summed E-state index contributed by atoms with van der Waals surface area (Å²) in [6.45, 7) is 0. The van der Waals surface area contributed by atoms with Gasteiger partial charge in [0.1, 0.15) is 0 Å². The third-order valence-corrected chi connectivity index (χ3v) is 2.91. The number of aromatic nitrogens is 4. The number of hydrogen-bond donors (Lipinski definition) is 1. The van der Waals surface area contributed by atoms with Crippen LogP contribution in [0.1, 0.15) is 5.82 Å². The van der Waals surface area contributed by atoms with Crippen molar-refractivity contribution in [2.24, 2.45) is 7.05 Å². The summed E-state index contributed by atoms with van der Waals surface area (Å²) in [4.78, 5) is 2.49. The Hall–Kier alpha value is -1.56. The predicted molar refractivity (Wildman–Crippen MR) is 59.2 cm³/mol. The van der Waals surface area contributed by atoms with Gasteiger partial charge in [-0.2, -0.15) is 4.80 Å². The molecule has 0 aliphatic heterocycles. The first-order valence-corrected chi connectivity index (χ1v) is 5.44. The fraction of sp³-hybridized carbons (Fsp3) is 0.222. The SMILES string of the molecule is Cn1nnc(CSc2ccccc2N)n1. The summed E-state index contributed by atoms with van der Waals surface area (Å²) < 4.78 is 0. The highest BCUT2D eigenvalue weighted by Gasteiger charge is 2.03. The Morgan fingerprint density at radius 1 is 1.40 bits per heavy atom. The molecule has 1 heterocycles. The van der Waals surface area contributed by atoms with E-state index in [1.165, 1.54) is 4.80 Å². The minimum absolute atomic E-state index is 0.683. The summed E-state index contributed by atoms with van der Waals surface area (Å²) in [6, 6.07) is 7.74. The Balaban J connectivity index is 2.02. The summed E-state index contributed by atoms with van der Waals surface area (Å²) in [5.74, 6) is 1.40. The van der Waals surface area contributed by atoms with Gasteiger partial charge in [0.15, 0.2) is 5.82 Å². The van der Waals surface area contributed by atoms with E-state index >= 15 is 0 Å². The van der Waals surface area contributed by atoms with Crippen LogP contribution in [0, 0.1) is 0 Å². The molecule has 2 aromatic rings. The maximum absolute atomic E-state index is 5.81. The number of thioether (sulfide) groups is 1. The first-order valence-electron chi connectivity index (χ1n) is 4.46. The quantitative estimate of drug-likeness (QED) is 0.620. The number of nitrogens with two attached hydrogens (primary N) is 1. The van der Waals surface area contributed by atoms with Gasteiger partial charge in [-0.1, -0.05) is 12.1 Å². The van der Waals surface area contributed by atoms with E-state index < -0.39 is 0 Å².